The predicted octanol–water partition coefficient (Wildman–Crippen LogP) is 0.992. The third-order valence-corrected chi connectivity index (χ3v) is 3.92. The van der Waals surface area contributed by atoms with Gasteiger partial charge in [-0.3, -0.25) is 4.79 Å². The van der Waals surface area contributed by atoms with Crippen LogP contribution in [-0.2, 0) is 14.3 Å². The highest BCUT2D eigenvalue weighted by atomic mass is 16.5. The van der Waals surface area contributed by atoms with Gasteiger partial charge in [0.25, 0.3) is 0 Å². The first-order valence-corrected chi connectivity index (χ1v) is 6.52. The lowest BCUT2D eigenvalue weighted by Gasteiger charge is -2.31. The smallest absolute Gasteiger partial charge is 0.240 e. The van der Waals surface area contributed by atoms with Gasteiger partial charge in [-0.1, -0.05) is 0 Å². The number of rotatable bonds is 3. The minimum absolute atomic E-state index is 0.176. The van der Waals surface area contributed by atoms with E-state index in [0.29, 0.717) is 32.6 Å². The number of carbonyl (C=O) groups is 1. The molecule has 2 aliphatic heterocycles. The van der Waals surface area contributed by atoms with E-state index in [1.165, 1.54) is 0 Å². The van der Waals surface area contributed by atoms with Crippen molar-refractivity contribution in [2.75, 3.05) is 26.4 Å². The maximum absolute atomic E-state index is 12.2. The number of carbonyl (C=O) groups excluding carboxylic acids is 1. The Balaban J connectivity index is 1.92. The van der Waals surface area contributed by atoms with Crippen molar-refractivity contribution in [3.63, 3.8) is 0 Å². The summed E-state index contributed by atoms with van der Waals surface area (Å²) in [5.74, 6) is -0.176. The zero-order valence-electron chi connectivity index (χ0n) is 10.8. The average Bonchev–Trinajstić information content (AvgIpc) is 2.84. The summed E-state index contributed by atoms with van der Waals surface area (Å²) < 4.78 is 10.8. The lowest BCUT2D eigenvalue weighted by Crippen LogP contribution is -2.48. The van der Waals surface area contributed by atoms with E-state index < -0.39 is 5.41 Å². The molecule has 2 aliphatic rings. The molecule has 0 spiro atoms. The fourth-order valence-electron chi connectivity index (χ4n) is 2.52. The van der Waals surface area contributed by atoms with E-state index in [1.54, 1.807) is 0 Å². The van der Waals surface area contributed by atoms with Crippen LogP contribution in [0.25, 0.3) is 0 Å². The van der Waals surface area contributed by atoms with Crippen LogP contribution in [0.3, 0.4) is 0 Å². The number of amides is 1. The molecule has 1 atom stereocenters. The van der Waals surface area contributed by atoms with Crippen LogP contribution in [0.15, 0.2) is 0 Å². The minimum atomic E-state index is -0.910. The number of ether oxygens (including phenoxy) is 2. The second-order valence-corrected chi connectivity index (χ2v) is 5.39. The van der Waals surface area contributed by atoms with E-state index in [-0.39, 0.29) is 11.5 Å². The Morgan fingerprint density at radius 1 is 1.33 bits per heavy atom. The lowest BCUT2D eigenvalue weighted by atomic mass is 9.80. The van der Waals surface area contributed by atoms with Gasteiger partial charge in [0.15, 0.2) is 0 Å². The van der Waals surface area contributed by atoms with Gasteiger partial charge in [0.1, 0.15) is 5.41 Å². The molecule has 0 bridgehead atoms. The van der Waals surface area contributed by atoms with Crippen molar-refractivity contribution in [1.29, 1.82) is 5.26 Å². The Morgan fingerprint density at radius 2 is 2.06 bits per heavy atom. The molecule has 0 aromatic heterocycles. The van der Waals surface area contributed by atoms with Gasteiger partial charge >= 0.3 is 0 Å². The quantitative estimate of drug-likeness (QED) is 0.813. The number of hydrogen-bond donors (Lipinski definition) is 1. The maximum atomic E-state index is 12.2. The van der Waals surface area contributed by atoms with Crippen molar-refractivity contribution in [3.8, 4) is 6.07 Å². The average molecular weight is 252 g/mol. The van der Waals surface area contributed by atoms with Gasteiger partial charge in [-0.15, -0.1) is 0 Å². The lowest BCUT2D eigenvalue weighted by molar-refractivity contribution is -0.133. The first-order valence-electron chi connectivity index (χ1n) is 6.52. The van der Waals surface area contributed by atoms with Crippen LogP contribution in [0.2, 0.25) is 0 Å². The van der Waals surface area contributed by atoms with E-state index in [2.05, 4.69) is 11.4 Å². The molecule has 0 aliphatic carbocycles. The second-order valence-electron chi connectivity index (χ2n) is 5.39. The highest BCUT2D eigenvalue weighted by Crippen LogP contribution is 2.30. The summed E-state index contributed by atoms with van der Waals surface area (Å²) in [5.41, 5.74) is -1.18. The number of nitrogens with one attached hydrogen (secondary N) is 1. The van der Waals surface area contributed by atoms with Crippen molar-refractivity contribution >= 4 is 5.91 Å². The molecule has 5 heteroatoms. The van der Waals surface area contributed by atoms with E-state index in [1.807, 2.05) is 6.92 Å². The largest absolute Gasteiger partial charge is 0.381 e. The highest BCUT2D eigenvalue weighted by molar-refractivity contribution is 5.85. The van der Waals surface area contributed by atoms with Crippen molar-refractivity contribution in [2.45, 2.75) is 38.2 Å². The van der Waals surface area contributed by atoms with E-state index in [4.69, 9.17) is 9.47 Å². The summed E-state index contributed by atoms with van der Waals surface area (Å²) in [6.07, 6.45) is 2.94. The van der Waals surface area contributed by atoms with Crippen molar-refractivity contribution in [3.05, 3.63) is 0 Å². The summed E-state index contributed by atoms with van der Waals surface area (Å²) in [7, 11) is 0. The Hall–Kier alpha value is -1.12. The molecule has 2 rings (SSSR count). The van der Waals surface area contributed by atoms with Gasteiger partial charge < -0.3 is 14.8 Å². The van der Waals surface area contributed by atoms with Crippen molar-refractivity contribution < 1.29 is 14.3 Å². The third kappa shape index (κ3) is 2.65. The third-order valence-electron chi connectivity index (χ3n) is 3.92. The summed E-state index contributed by atoms with van der Waals surface area (Å²) in [4.78, 5) is 12.2. The zero-order valence-corrected chi connectivity index (χ0v) is 10.8. The first-order chi connectivity index (χ1) is 8.60. The van der Waals surface area contributed by atoms with Gasteiger partial charge in [0.05, 0.1) is 11.7 Å². The topological polar surface area (TPSA) is 71.4 Å². The van der Waals surface area contributed by atoms with E-state index in [9.17, 15) is 10.1 Å². The zero-order chi connectivity index (χ0) is 13.1. The Bertz CT molecular complexity index is 350. The molecule has 0 aromatic carbocycles. The SMILES string of the molecule is CC1(CNC(=O)C2(C#N)CCOCC2)CCCO1. The fraction of sp³-hybridized carbons (Fsp3) is 0.846. The molecule has 0 aromatic rings. The Labute approximate surface area is 107 Å². The summed E-state index contributed by atoms with van der Waals surface area (Å²) in [6.45, 7) is 4.20. The highest BCUT2D eigenvalue weighted by Gasteiger charge is 2.41. The molecular formula is C13H20N2O3. The van der Waals surface area contributed by atoms with Crippen molar-refractivity contribution in [1.82, 2.24) is 5.32 Å². The first kappa shape index (κ1) is 13.3. The summed E-state index contributed by atoms with van der Waals surface area (Å²) >= 11 is 0. The molecule has 2 fully saturated rings. The summed E-state index contributed by atoms with van der Waals surface area (Å²) in [6, 6.07) is 2.17. The molecular weight excluding hydrogens is 232 g/mol. The molecule has 0 radical (unpaired) electrons. The van der Waals surface area contributed by atoms with Crippen LogP contribution in [-0.4, -0.2) is 37.9 Å². The maximum Gasteiger partial charge on any atom is 0.240 e. The Morgan fingerprint density at radius 3 is 2.61 bits per heavy atom. The van der Waals surface area contributed by atoms with Gasteiger partial charge in [0.2, 0.25) is 5.91 Å². The molecule has 2 heterocycles. The van der Waals surface area contributed by atoms with Crippen LogP contribution in [0.5, 0.6) is 0 Å². The van der Waals surface area contributed by atoms with Crippen LogP contribution in [0.4, 0.5) is 0 Å². The van der Waals surface area contributed by atoms with Crippen molar-refractivity contribution in [2.24, 2.45) is 5.41 Å². The normalized spacial score (nSPS) is 30.7. The number of hydrogen-bond acceptors (Lipinski definition) is 4. The molecule has 5 nitrogen and oxygen atoms in total. The number of nitrogens with zero attached hydrogens (tertiary/aromatic N) is 1. The van der Waals surface area contributed by atoms with Gasteiger partial charge in [-0.25, -0.2) is 0 Å². The molecule has 1 amide bonds. The molecule has 18 heavy (non-hydrogen) atoms. The van der Waals surface area contributed by atoms with Crippen LogP contribution in [0, 0.1) is 16.7 Å². The number of nitriles is 1. The Kier molecular flexibility index (Phi) is 3.88. The minimum Gasteiger partial charge on any atom is -0.381 e. The van der Waals surface area contributed by atoms with Crippen LogP contribution < -0.4 is 5.32 Å². The van der Waals surface area contributed by atoms with Gasteiger partial charge in [-0.2, -0.15) is 5.26 Å². The molecule has 100 valence electrons. The van der Waals surface area contributed by atoms with Crippen LogP contribution in [0.1, 0.15) is 32.6 Å². The summed E-state index contributed by atoms with van der Waals surface area (Å²) in [5, 5.41) is 12.2. The predicted molar refractivity (Wildman–Crippen MR) is 64.7 cm³/mol. The standard InChI is InChI=1S/C13H20N2O3/c1-12(3-2-6-18-12)10-15-11(16)13(9-14)4-7-17-8-5-13/h2-8,10H2,1H3,(H,15,16). The molecule has 2 saturated heterocycles. The molecule has 1 N–H and O–H groups in total. The molecule has 0 saturated carbocycles. The fourth-order valence-corrected chi connectivity index (χ4v) is 2.52. The monoisotopic (exact) mass is 252 g/mol. The van der Waals surface area contributed by atoms with E-state index in [0.717, 1.165) is 19.4 Å². The molecule has 1 unspecified atom stereocenters. The van der Waals surface area contributed by atoms with Gasteiger partial charge in [-0.05, 0) is 32.6 Å². The van der Waals surface area contributed by atoms with Crippen LogP contribution >= 0.6 is 0 Å². The second kappa shape index (κ2) is 5.25. The van der Waals surface area contributed by atoms with Gasteiger partial charge in [0, 0.05) is 26.4 Å². The van der Waals surface area contributed by atoms with E-state index >= 15 is 0 Å².